The molecule has 0 fully saturated rings. The normalized spacial score (nSPS) is 10.9. The Labute approximate surface area is 318 Å². The Kier molecular flexibility index (Phi) is 9.82. The summed E-state index contributed by atoms with van der Waals surface area (Å²) in [6.07, 6.45) is 0. The lowest BCUT2D eigenvalue weighted by molar-refractivity contribution is 1.05. The molecule has 0 N–H and O–H groups in total. The fourth-order valence-corrected chi connectivity index (χ4v) is 7.37. The van der Waals surface area contributed by atoms with E-state index in [9.17, 15) is 0 Å². The van der Waals surface area contributed by atoms with E-state index in [1.165, 1.54) is 49.9 Å². The molecule has 54 heavy (non-hydrogen) atoms. The summed E-state index contributed by atoms with van der Waals surface area (Å²) in [5.41, 5.74) is 16.8. The van der Waals surface area contributed by atoms with Gasteiger partial charge in [-0.05, 0) is 83.5 Å². The van der Waals surface area contributed by atoms with Crippen LogP contribution in [-0.4, -0.2) is 9.55 Å². The van der Waals surface area contributed by atoms with E-state index in [1.807, 2.05) is 6.07 Å². The lowest BCUT2D eigenvalue weighted by Crippen LogP contribution is -2.02. The summed E-state index contributed by atoms with van der Waals surface area (Å²) < 4.78 is 2.35. The van der Waals surface area contributed by atoms with E-state index < -0.39 is 0 Å². The van der Waals surface area contributed by atoms with Crippen molar-refractivity contribution >= 4 is 10.9 Å². The maximum Gasteiger partial charge on any atom is 0.138 e. The number of hydrogen-bond donors (Lipinski definition) is 0. The van der Waals surface area contributed by atoms with E-state index in [0.29, 0.717) is 0 Å². The van der Waals surface area contributed by atoms with Gasteiger partial charge in [0, 0.05) is 16.5 Å². The molecule has 0 atom stereocenters. The number of pyridine rings is 1. The summed E-state index contributed by atoms with van der Waals surface area (Å²) in [6, 6.07) is 70.6. The highest BCUT2D eigenvalue weighted by Crippen LogP contribution is 2.43. The minimum Gasteiger partial charge on any atom is -0.293 e. The first-order chi connectivity index (χ1) is 26.5. The summed E-state index contributed by atoms with van der Waals surface area (Å²) >= 11 is 0. The maximum atomic E-state index is 5.32. The predicted molar refractivity (Wildman–Crippen MR) is 229 cm³/mol. The molecule has 260 valence electrons. The highest BCUT2D eigenvalue weighted by Gasteiger charge is 2.22. The van der Waals surface area contributed by atoms with Gasteiger partial charge in [-0.3, -0.25) is 4.57 Å². The predicted octanol–water partition coefficient (Wildman–Crippen LogP) is 14.0. The summed E-state index contributed by atoms with van der Waals surface area (Å²) in [4.78, 5) is 5.32. The zero-order chi connectivity index (χ0) is 36.9. The number of hydrogen-bond acceptors (Lipinski definition) is 1. The fourth-order valence-electron chi connectivity index (χ4n) is 7.37. The van der Waals surface area contributed by atoms with Crippen molar-refractivity contribution in [3.8, 4) is 61.7 Å². The van der Waals surface area contributed by atoms with E-state index in [-0.39, 0.29) is 0 Å². The first kappa shape index (κ1) is 34.3. The Morgan fingerprint density at radius 1 is 0.389 bits per heavy atom. The van der Waals surface area contributed by atoms with Crippen LogP contribution in [0.25, 0.3) is 72.6 Å². The van der Waals surface area contributed by atoms with Crippen LogP contribution in [-0.2, 0) is 0 Å². The molecular weight excluding hydrogens is 653 g/mol. The second-order valence-corrected chi connectivity index (χ2v) is 13.8. The Morgan fingerprint density at radius 3 is 1.52 bits per heavy atom. The number of aromatic nitrogens is 2. The highest BCUT2D eigenvalue weighted by molar-refractivity contribution is 6.05. The van der Waals surface area contributed by atoms with Crippen LogP contribution in [0.1, 0.15) is 16.7 Å². The number of para-hydroxylation sites is 1. The van der Waals surface area contributed by atoms with E-state index in [2.05, 4.69) is 219 Å². The molecule has 0 spiro atoms. The SMILES string of the molecule is Cc1cccc(-c2c(-c3ccccc3)n(-c3cc(-c4ccccc4)cc(-c4ccccc4)n3)c3ccccc23)c1.Cc1ccccc1-c1ccccc1C. The van der Waals surface area contributed by atoms with Gasteiger partial charge in [0.1, 0.15) is 5.82 Å². The third-order valence-corrected chi connectivity index (χ3v) is 10.0. The molecule has 0 bridgehead atoms. The third kappa shape index (κ3) is 7.02. The van der Waals surface area contributed by atoms with Crippen molar-refractivity contribution in [3.63, 3.8) is 0 Å². The van der Waals surface area contributed by atoms with Gasteiger partial charge in [0.15, 0.2) is 0 Å². The zero-order valence-corrected chi connectivity index (χ0v) is 30.9. The minimum atomic E-state index is 0.897. The molecule has 7 aromatic carbocycles. The van der Waals surface area contributed by atoms with Crippen LogP contribution in [0, 0.1) is 20.8 Å². The van der Waals surface area contributed by atoms with Crippen molar-refractivity contribution in [1.29, 1.82) is 0 Å². The van der Waals surface area contributed by atoms with Gasteiger partial charge < -0.3 is 0 Å². The molecule has 0 aliphatic heterocycles. The van der Waals surface area contributed by atoms with Gasteiger partial charge in [-0.25, -0.2) is 4.98 Å². The molecule has 0 radical (unpaired) electrons. The Morgan fingerprint density at radius 2 is 0.907 bits per heavy atom. The molecule has 9 aromatic rings. The van der Waals surface area contributed by atoms with Crippen molar-refractivity contribution in [2.45, 2.75) is 20.8 Å². The second kappa shape index (κ2) is 15.5. The van der Waals surface area contributed by atoms with Crippen molar-refractivity contribution in [2.75, 3.05) is 0 Å². The monoisotopic (exact) mass is 694 g/mol. The van der Waals surface area contributed by atoms with Gasteiger partial charge in [-0.15, -0.1) is 0 Å². The van der Waals surface area contributed by atoms with Gasteiger partial charge in [0.05, 0.1) is 16.9 Å². The molecule has 2 nitrogen and oxygen atoms in total. The Bertz CT molecular complexity index is 2570. The average Bonchev–Trinajstić information content (AvgIpc) is 3.58. The van der Waals surface area contributed by atoms with Gasteiger partial charge in [-0.2, -0.15) is 0 Å². The van der Waals surface area contributed by atoms with E-state index in [1.54, 1.807) is 0 Å². The smallest absolute Gasteiger partial charge is 0.138 e. The lowest BCUT2D eigenvalue weighted by atomic mass is 9.97. The van der Waals surface area contributed by atoms with Crippen molar-refractivity contribution in [2.24, 2.45) is 0 Å². The van der Waals surface area contributed by atoms with Crippen LogP contribution in [0.3, 0.4) is 0 Å². The van der Waals surface area contributed by atoms with E-state index in [0.717, 1.165) is 39.4 Å². The summed E-state index contributed by atoms with van der Waals surface area (Å²) in [6.45, 7) is 6.46. The van der Waals surface area contributed by atoms with Crippen molar-refractivity contribution in [1.82, 2.24) is 9.55 Å². The molecule has 2 heteroatoms. The van der Waals surface area contributed by atoms with Crippen LogP contribution in [0.15, 0.2) is 200 Å². The topological polar surface area (TPSA) is 17.8 Å². The highest BCUT2D eigenvalue weighted by atomic mass is 15.1. The van der Waals surface area contributed by atoms with Gasteiger partial charge in [-0.1, -0.05) is 188 Å². The van der Waals surface area contributed by atoms with E-state index in [4.69, 9.17) is 4.98 Å². The average molecular weight is 695 g/mol. The first-order valence-electron chi connectivity index (χ1n) is 18.6. The van der Waals surface area contributed by atoms with Crippen LogP contribution < -0.4 is 0 Å². The molecular formula is C52H42N2. The summed E-state index contributed by atoms with van der Waals surface area (Å²) in [7, 11) is 0. The molecule has 2 heterocycles. The molecule has 0 amide bonds. The fraction of sp³-hybridized carbons (Fsp3) is 0.0577. The molecule has 0 aliphatic carbocycles. The standard InChI is InChI=1S/C38H28N2.C14H14/c1-27-14-13-21-31(24-27)37-33-22-11-12-23-35(33)40(38(37)30-19-9-4-10-20-30)36-26-32(28-15-5-2-6-16-28)25-34(39-36)29-17-7-3-8-18-29;1-11-7-3-5-9-13(11)14-10-6-4-8-12(14)2/h2-26H,1H3;3-10H,1-2H3. The molecule has 0 aliphatic rings. The number of benzene rings is 7. The van der Waals surface area contributed by atoms with Crippen LogP contribution in [0.2, 0.25) is 0 Å². The number of fused-ring (bicyclic) bond motifs is 1. The quantitative estimate of drug-likeness (QED) is 0.169. The van der Waals surface area contributed by atoms with Crippen molar-refractivity contribution in [3.05, 3.63) is 217 Å². The summed E-state index contributed by atoms with van der Waals surface area (Å²) in [5.74, 6) is 0.897. The van der Waals surface area contributed by atoms with Gasteiger partial charge in [0.2, 0.25) is 0 Å². The van der Waals surface area contributed by atoms with Crippen LogP contribution >= 0.6 is 0 Å². The van der Waals surface area contributed by atoms with Crippen LogP contribution in [0.4, 0.5) is 0 Å². The largest absolute Gasteiger partial charge is 0.293 e. The second-order valence-electron chi connectivity index (χ2n) is 13.8. The molecule has 9 rings (SSSR count). The number of aryl methyl sites for hydroxylation is 3. The minimum absolute atomic E-state index is 0.897. The molecule has 0 unspecified atom stereocenters. The lowest BCUT2D eigenvalue weighted by Gasteiger charge is -2.16. The zero-order valence-electron chi connectivity index (χ0n) is 30.9. The molecule has 2 aromatic heterocycles. The van der Waals surface area contributed by atoms with E-state index >= 15 is 0 Å². The van der Waals surface area contributed by atoms with Gasteiger partial charge in [0.25, 0.3) is 0 Å². The van der Waals surface area contributed by atoms with Crippen LogP contribution in [0.5, 0.6) is 0 Å². The molecule has 0 saturated heterocycles. The van der Waals surface area contributed by atoms with Crippen molar-refractivity contribution < 1.29 is 0 Å². The number of nitrogens with zero attached hydrogens (tertiary/aromatic N) is 2. The Hall–Kier alpha value is -6.77. The first-order valence-corrected chi connectivity index (χ1v) is 18.6. The third-order valence-electron chi connectivity index (χ3n) is 10.0. The number of rotatable bonds is 6. The van der Waals surface area contributed by atoms with Gasteiger partial charge >= 0.3 is 0 Å². The molecule has 0 saturated carbocycles. The summed E-state index contributed by atoms with van der Waals surface area (Å²) in [5, 5.41) is 1.21. The maximum absolute atomic E-state index is 5.32. The Balaban J connectivity index is 0.000000248.